The number of carbonyl (C=O) groups is 1. The van der Waals surface area contributed by atoms with E-state index >= 15 is 0 Å². The number of carbonyl (C=O) groups excluding carboxylic acids is 1. The van der Waals surface area contributed by atoms with Gasteiger partial charge < -0.3 is 10.6 Å². The Bertz CT molecular complexity index is 378. The molecule has 1 fully saturated rings. The molecule has 98 valence electrons. The first-order chi connectivity index (χ1) is 8.74. The summed E-state index contributed by atoms with van der Waals surface area (Å²) >= 11 is 0. The number of hydrogen-bond donors (Lipinski definition) is 2. The summed E-state index contributed by atoms with van der Waals surface area (Å²) in [6, 6.07) is 8.46. The highest BCUT2D eigenvalue weighted by Crippen LogP contribution is 2.06. The maximum atomic E-state index is 11.9. The van der Waals surface area contributed by atoms with Gasteiger partial charge in [-0.05, 0) is 31.9 Å². The number of benzene rings is 1. The average Bonchev–Trinajstić information content (AvgIpc) is 2.61. The van der Waals surface area contributed by atoms with Crippen molar-refractivity contribution in [2.45, 2.75) is 38.6 Å². The maximum absolute atomic E-state index is 11.9. The van der Waals surface area contributed by atoms with E-state index < -0.39 is 0 Å². The van der Waals surface area contributed by atoms with Crippen molar-refractivity contribution in [3.8, 4) is 0 Å². The van der Waals surface area contributed by atoms with Crippen molar-refractivity contribution in [3.05, 3.63) is 35.4 Å². The quantitative estimate of drug-likeness (QED) is 0.854. The number of amides is 1. The van der Waals surface area contributed by atoms with Gasteiger partial charge in [0.05, 0.1) is 6.42 Å². The Morgan fingerprint density at radius 1 is 1.33 bits per heavy atom. The molecule has 1 amide bonds. The Kier molecular flexibility index (Phi) is 4.76. The van der Waals surface area contributed by atoms with Gasteiger partial charge >= 0.3 is 0 Å². The first-order valence-corrected chi connectivity index (χ1v) is 6.79. The molecule has 0 saturated carbocycles. The van der Waals surface area contributed by atoms with Crippen LogP contribution in [0.1, 0.15) is 30.4 Å². The molecule has 1 aromatic rings. The summed E-state index contributed by atoms with van der Waals surface area (Å²) in [5.74, 6) is 0.132. The van der Waals surface area contributed by atoms with E-state index in [0.717, 1.165) is 25.1 Å². The normalized spacial score (nSPS) is 20.2. The summed E-state index contributed by atoms with van der Waals surface area (Å²) in [5.41, 5.74) is 2.31. The Hall–Kier alpha value is -1.35. The molecule has 1 saturated heterocycles. The van der Waals surface area contributed by atoms with Crippen LogP contribution < -0.4 is 10.6 Å². The highest BCUT2D eigenvalue weighted by atomic mass is 16.1. The standard InChI is InChI=1S/C15H22N2O/c1-12-5-7-13(8-6-12)10-15(18)17-14-4-2-3-9-16-11-14/h5-8,14,16H,2-4,9-11H2,1H3,(H,17,18). The lowest BCUT2D eigenvalue weighted by Gasteiger charge is -2.16. The summed E-state index contributed by atoms with van der Waals surface area (Å²) in [6.45, 7) is 4.03. The van der Waals surface area contributed by atoms with E-state index in [4.69, 9.17) is 0 Å². The van der Waals surface area contributed by atoms with Crippen LogP contribution in [0.3, 0.4) is 0 Å². The smallest absolute Gasteiger partial charge is 0.224 e. The molecule has 1 aromatic carbocycles. The van der Waals surface area contributed by atoms with Crippen LogP contribution in [0.5, 0.6) is 0 Å². The topological polar surface area (TPSA) is 41.1 Å². The largest absolute Gasteiger partial charge is 0.352 e. The zero-order valence-electron chi connectivity index (χ0n) is 11.0. The number of hydrogen-bond acceptors (Lipinski definition) is 2. The van der Waals surface area contributed by atoms with Crippen LogP contribution in [0.4, 0.5) is 0 Å². The molecule has 0 aromatic heterocycles. The van der Waals surface area contributed by atoms with E-state index in [1.54, 1.807) is 0 Å². The third-order valence-electron chi connectivity index (χ3n) is 3.40. The molecule has 2 N–H and O–H groups in total. The summed E-state index contributed by atoms with van der Waals surface area (Å²) in [4.78, 5) is 11.9. The van der Waals surface area contributed by atoms with E-state index in [-0.39, 0.29) is 5.91 Å². The van der Waals surface area contributed by atoms with Gasteiger partial charge in [0.1, 0.15) is 0 Å². The molecule has 3 heteroatoms. The molecule has 0 radical (unpaired) electrons. The molecule has 1 heterocycles. The first-order valence-electron chi connectivity index (χ1n) is 6.79. The van der Waals surface area contributed by atoms with Gasteiger partial charge in [0.2, 0.25) is 5.91 Å². The lowest BCUT2D eigenvalue weighted by Crippen LogP contribution is -2.41. The Balaban J connectivity index is 1.82. The second-order valence-corrected chi connectivity index (χ2v) is 5.13. The molecule has 2 rings (SSSR count). The van der Waals surface area contributed by atoms with Crippen LogP contribution in [0.2, 0.25) is 0 Å². The fourth-order valence-corrected chi connectivity index (χ4v) is 2.31. The van der Waals surface area contributed by atoms with E-state index in [1.807, 2.05) is 12.1 Å². The SMILES string of the molecule is Cc1ccc(CC(=O)NC2CCCCNC2)cc1. The van der Waals surface area contributed by atoms with Crippen molar-refractivity contribution in [3.63, 3.8) is 0 Å². The molecule has 0 aliphatic carbocycles. The molecular formula is C15H22N2O. The van der Waals surface area contributed by atoms with Crippen LogP contribution in [0.15, 0.2) is 24.3 Å². The summed E-state index contributed by atoms with van der Waals surface area (Å²) in [6.07, 6.45) is 3.98. The van der Waals surface area contributed by atoms with Gasteiger partial charge in [-0.3, -0.25) is 4.79 Å². The van der Waals surface area contributed by atoms with Crippen molar-refractivity contribution < 1.29 is 4.79 Å². The molecule has 3 nitrogen and oxygen atoms in total. The summed E-state index contributed by atoms with van der Waals surface area (Å²) in [7, 11) is 0. The van der Waals surface area contributed by atoms with Gasteiger partial charge in [-0.15, -0.1) is 0 Å². The second kappa shape index (κ2) is 6.55. The zero-order chi connectivity index (χ0) is 12.8. The van der Waals surface area contributed by atoms with E-state index in [1.165, 1.54) is 18.4 Å². The highest BCUT2D eigenvalue weighted by molar-refractivity contribution is 5.78. The van der Waals surface area contributed by atoms with Gasteiger partial charge in [0.15, 0.2) is 0 Å². The van der Waals surface area contributed by atoms with Crippen molar-refractivity contribution in [1.82, 2.24) is 10.6 Å². The second-order valence-electron chi connectivity index (χ2n) is 5.13. The minimum atomic E-state index is 0.132. The minimum absolute atomic E-state index is 0.132. The van der Waals surface area contributed by atoms with Crippen molar-refractivity contribution >= 4 is 5.91 Å². The lowest BCUT2D eigenvalue weighted by atomic mass is 10.1. The van der Waals surface area contributed by atoms with Crippen molar-refractivity contribution in [2.24, 2.45) is 0 Å². The molecule has 0 spiro atoms. The molecule has 1 aliphatic heterocycles. The van der Waals surface area contributed by atoms with Crippen LogP contribution >= 0.6 is 0 Å². The van der Waals surface area contributed by atoms with E-state index in [9.17, 15) is 4.79 Å². The van der Waals surface area contributed by atoms with Crippen LogP contribution in [-0.2, 0) is 11.2 Å². The van der Waals surface area contributed by atoms with Gasteiger partial charge in [-0.25, -0.2) is 0 Å². The van der Waals surface area contributed by atoms with Gasteiger partial charge in [-0.2, -0.15) is 0 Å². The van der Waals surface area contributed by atoms with E-state index in [2.05, 4.69) is 29.7 Å². The highest BCUT2D eigenvalue weighted by Gasteiger charge is 2.14. The molecule has 1 aliphatic rings. The zero-order valence-corrected chi connectivity index (χ0v) is 11.0. The maximum Gasteiger partial charge on any atom is 0.224 e. The van der Waals surface area contributed by atoms with Crippen molar-refractivity contribution in [2.75, 3.05) is 13.1 Å². The average molecular weight is 246 g/mol. The lowest BCUT2D eigenvalue weighted by molar-refractivity contribution is -0.121. The molecular weight excluding hydrogens is 224 g/mol. The number of aryl methyl sites for hydroxylation is 1. The fourth-order valence-electron chi connectivity index (χ4n) is 2.31. The molecule has 18 heavy (non-hydrogen) atoms. The Labute approximate surface area is 109 Å². The fraction of sp³-hybridized carbons (Fsp3) is 0.533. The van der Waals surface area contributed by atoms with Gasteiger partial charge in [0.25, 0.3) is 0 Å². The third-order valence-corrected chi connectivity index (χ3v) is 3.40. The summed E-state index contributed by atoms with van der Waals surface area (Å²) in [5, 5.41) is 6.48. The van der Waals surface area contributed by atoms with Gasteiger partial charge in [-0.1, -0.05) is 36.2 Å². The van der Waals surface area contributed by atoms with Crippen LogP contribution in [0.25, 0.3) is 0 Å². The minimum Gasteiger partial charge on any atom is -0.352 e. The monoisotopic (exact) mass is 246 g/mol. The summed E-state index contributed by atoms with van der Waals surface area (Å²) < 4.78 is 0. The Morgan fingerprint density at radius 3 is 2.89 bits per heavy atom. The molecule has 1 unspecified atom stereocenters. The van der Waals surface area contributed by atoms with Crippen LogP contribution in [-0.4, -0.2) is 25.0 Å². The van der Waals surface area contributed by atoms with Crippen LogP contribution in [0, 0.1) is 6.92 Å². The van der Waals surface area contributed by atoms with Crippen molar-refractivity contribution in [1.29, 1.82) is 0 Å². The number of nitrogens with one attached hydrogen (secondary N) is 2. The van der Waals surface area contributed by atoms with E-state index in [0.29, 0.717) is 12.5 Å². The molecule has 1 atom stereocenters. The third kappa shape index (κ3) is 4.15. The predicted molar refractivity (Wildman–Crippen MR) is 73.5 cm³/mol. The Morgan fingerprint density at radius 2 is 2.11 bits per heavy atom. The first kappa shape index (κ1) is 13.1. The number of rotatable bonds is 3. The van der Waals surface area contributed by atoms with Gasteiger partial charge in [0, 0.05) is 12.6 Å². The molecule has 0 bridgehead atoms. The predicted octanol–water partition coefficient (Wildman–Crippen LogP) is 1.80.